The van der Waals surface area contributed by atoms with Crippen molar-refractivity contribution in [2.45, 2.75) is 114 Å². The number of amides is 3. The minimum absolute atomic E-state index is 0.0299. The summed E-state index contributed by atoms with van der Waals surface area (Å²) in [7, 11) is -2.03. The van der Waals surface area contributed by atoms with E-state index in [1.54, 1.807) is 32.2 Å². The minimum atomic E-state index is -3.64. The first kappa shape index (κ1) is 45.6. The number of rotatable bonds is 19. The number of unbranched alkanes of at least 4 members (excludes halogenated alkanes) is 3. The molecule has 2 aromatic heterocycles. The molecule has 3 heterocycles. The van der Waals surface area contributed by atoms with Crippen molar-refractivity contribution in [2.24, 2.45) is 17.6 Å². The number of methoxy groups -OCH3 is 1. The van der Waals surface area contributed by atoms with Gasteiger partial charge in [0.15, 0.2) is 0 Å². The van der Waals surface area contributed by atoms with Crippen LogP contribution >= 0.6 is 34.5 Å². The van der Waals surface area contributed by atoms with E-state index >= 15 is 0 Å². The van der Waals surface area contributed by atoms with Gasteiger partial charge in [0.25, 0.3) is 0 Å². The fourth-order valence-corrected chi connectivity index (χ4v) is 10.7. The van der Waals surface area contributed by atoms with E-state index in [9.17, 15) is 22.8 Å². The Morgan fingerprint density at radius 3 is 2.45 bits per heavy atom. The summed E-state index contributed by atoms with van der Waals surface area (Å²) in [6, 6.07) is 9.00. The highest BCUT2D eigenvalue weighted by Crippen LogP contribution is 2.44. The van der Waals surface area contributed by atoms with E-state index in [0.29, 0.717) is 70.5 Å². The highest BCUT2D eigenvalue weighted by molar-refractivity contribution is 7.91. The monoisotopic (exact) mass is 924 g/mol. The minimum Gasteiger partial charge on any atom is -0.496 e. The zero-order valence-corrected chi connectivity index (χ0v) is 38.7. The number of fused-ring (bicyclic) bond motifs is 1. The van der Waals surface area contributed by atoms with Crippen LogP contribution in [0.5, 0.6) is 11.5 Å². The Balaban J connectivity index is 1.02. The zero-order valence-electron chi connectivity index (χ0n) is 35.6. The summed E-state index contributed by atoms with van der Waals surface area (Å²) < 4.78 is 38.7. The molecule has 7 rings (SSSR count). The third-order valence-electron chi connectivity index (χ3n) is 12.1. The van der Waals surface area contributed by atoms with Gasteiger partial charge in [-0.05, 0) is 94.5 Å². The van der Waals surface area contributed by atoms with E-state index in [2.05, 4.69) is 23.9 Å². The fourth-order valence-electron chi connectivity index (χ4n) is 7.91. The summed E-state index contributed by atoms with van der Waals surface area (Å²) >= 11 is 14.2. The second-order valence-electron chi connectivity index (χ2n) is 17.3. The van der Waals surface area contributed by atoms with Gasteiger partial charge in [0.05, 0.1) is 29.6 Å². The zero-order chi connectivity index (χ0) is 44.5. The molecule has 13 nitrogen and oxygen atoms in total. The molecule has 2 aliphatic carbocycles. The van der Waals surface area contributed by atoms with Gasteiger partial charge in [-0.25, -0.2) is 18.4 Å². The fraction of sp³-hybridized carbons (Fsp3) is 0.489. The number of anilines is 1. The molecule has 2 saturated carbocycles. The number of hydrogen-bond donors (Lipinski definition) is 3. The first-order valence-corrected chi connectivity index (χ1v) is 24.2. The smallest absolute Gasteiger partial charge is 0.245 e. The lowest BCUT2D eigenvalue weighted by molar-refractivity contribution is -0.138. The lowest BCUT2D eigenvalue weighted by Crippen LogP contribution is -2.49. The number of benzene rings is 2. The number of carbonyl (C=O) groups is 3. The first-order chi connectivity index (χ1) is 29.5. The van der Waals surface area contributed by atoms with Crippen molar-refractivity contribution in [2.75, 3.05) is 19.0 Å². The Hall–Kier alpha value is -4.44. The number of nitrogens with one attached hydrogen (secondary N) is 2. The van der Waals surface area contributed by atoms with E-state index in [4.69, 9.17) is 48.4 Å². The number of allylic oxidation sites excluding steroid dienone is 2. The number of nitrogens with two attached hydrogens (primary N) is 1. The summed E-state index contributed by atoms with van der Waals surface area (Å²) in [6.07, 6.45) is 9.01. The summed E-state index contributed by atoms with van der Waals surface area (Å²) in [5, 5.41) is 7.70. The number of aryl methyl sites for hydroxylation is 1. The second-order valence-corrected chi connectivity index (χ2v) is 21.2. The molecule has 332 valence electrons. The molecule has 0 radical (unpaired) electrons. The van der Waals surface area contributed by atoms with Crippen molar-refractivity contribution in [1.82, 2.24) is 19.6 Å². The predicted molar refractivity (Wildman–Crippen MR) is 244 cm³/mol. The van der Waals surface area contributed by atoms with Gasteiger partial charge in [0.1, 0.15) is 40.4 Å². The number of ether oxygens (including phenoxy) is 2. The molecule has 3 fully saturated rings. The molecule has 1 saturated heterocycles. The van der Waals surface area contributed by atoms with Crippen molar-refractivity contribution in [3.05, 3.63) is 75.2 Å². The highest BCUT2D eigenvalue weighted by atomic mass is 35.5. The first-order valence-electron chi connectivity index (χ1n) is 21.1. The Kier molecular flexibility index (Phi) is 13.8. The average molecular weight is 926 g/mol. The van der Waals surface area contributed by atoms with Crippen molar-refractivity contribution in [3.8, 4) is 22.2 Å². The molecular weight excluding hydrogens is 872 g/mol. The van der Waals surface area contributed by atoms with Crippen LogP contribution in [0.1, 0.15) is 95.7 Å². The molecule has 4 aromatic rings. The van der Waals surface area contributed by atoms with Crippen LogP contribution in [0, 0.1) is 18.8 Å². The summed E-state index contributed by atoms with van der Waals surface area (Å²) in [6.45, 7) is 7.91. The van der Waals surface area contributed by atoms with E-state index in [-0.39, 0.29) is 36.6 Å². The largest absolute Gasteiger partial charge is 0.496 e. The SMILES string of the molecule is COc1ccc2c(OC3C[C@@H](C(N)=O)N(C(=O)[C@H](CCCCC/C=C\[C@@H]4C[C@@H]4C(=O)NS(=O)(=O)C4(C)CC4)Nc4cc(Cl)cc(Cl)c4)C3)cc(-c3nc(C(C)C)cs3)nc2c1C. The topological polar surface area (TPSA) is 183 Å². The summed E-state index contributed by atoms with van der Waals surface area (Å²) in [5.41, 5.74) is 9.70. The van der Waals surface area contributed by atoms with Crippen LogP contribution in [-0.2, 0) is 24.4 Å². The quantitative estimate of drug-likeness (QED) is 0.0609. The highest BCUT2D eigenvalue weighted by Gasteiger charge is 2.52. The van der Waals surface area contributed by atoms with Gasteiger partial charge in [-0.15, -0.1) is 11.3 Å². The maximum atomic E-state index is 14.6. The molecule has 1 unspecified atom stereocenters. The third kappa shape index (κ3) is 10.3. The van der Waals surface area contributed by atoms with Crippen LogP contribution in [0.25, 0.3) is 21.6 Å². The second kappa shape index (κ2) is 18.7. The maximum Gasteiger partial charge on any atom is 0.245 e. The van der Waals surface area contributed by atoms with Crippen LogP contribution in [-0.4, -0.2) is 77.6 Å². The molecule has 62 heavy (non-hydrogen) atoms. The molecule has 1 aliphatic heterocycles. The van der Waals surface area contributed by atoms with Crippen LogP contribution in [0.15, 0.2) is 53.9 Å². The Morgan fingerprint density at radius 2 is 1.79 bits per heavy atom. The standard InChI is InChI=1S/C45H54Cl2N6O7S2/c1-25(2)36-24-61-43(51-36)35-22-39(32-13-14-38(59-5)26(3)40(32)50-35)60-31-21-37(41(48)54)53(23-31)44(56)34(49-30-19-28(46)18-29(47)20-30)12-10-8-6-7-9-11-27-17-33(27)42(55)52-62(57,58)45(4)15-16-45/h9,11,13-14,18-20,22,24-25,27,31,33-34,37,49H,6-8,10,12,15-17,21,23H2,1-5H3,(H2,48,54)(H,52,55)/b11-9-/t27-,31?,33+,34+,37+/m1/s1. The van der Waals surface area contributed by atoms with Gasteiger partial charge in [0, 0.05) is 50.5 Å². The van der Waals surface area contributed by atoms with Crippen molar-refractivity contribution < 1.29 is 32.3 Å². The maximum absolute atomic E-state index is 14.6. The van der Waals surface area contributed by atoms with E-state index < -0.39 is 44.8 Å². The van der Waals surface area contributed by atoms with Crippen LogP contribution < -0.4 is 25.2 Å². The number of thiazole rings is 1. The van der Waals surface area contributed by atoms with Crippen molar-refractivity contribution in [3.63, 3.8) is 0 Å². The number of nitrogens with zero attached hydrogens (tertiary/aromatic N) is 3. The van der Waals surface area contributed by atoms with Crippen molar-refractivity contribution >= 4 is 78.9 Å². The van der Waals surface area contributed by atoms with E-state index in [0.717, 1.165) is 40.9 Å². The molecule has 3 amide bonds. The molecule has 3 aliphatic rings. The van der Waals surface area contributed by atoms with Gasteiger partial charge < -0.3 is 25.4 Å². The van der Waals surface area contributed by atoms with Crippen LogP contribution in [0.3, 0.4) is 0 Å². The number of halogens is 2. The van der Waals surface area contributed by atoms with E-state index in [1.807, 2.05) is 42.7 Å². The molecule has 17 heteroatoms. The average Bonchev–Trinajstić information content (AvgIpc) is 4.05. The molecule has 0 spiro atoms. The Bertz CT molecular complexity index is 2470. The predicted octanol–water partition coefficient (Wildman–Crippen LogP) is 8.56. The van der Waals surface area contributed by atoms with Crippen LogP contribution in [0.4, 0.5) is 5.69 Å². The number of sulfonamides is 1. The molecular formula is C45H54Cl2N6O7S2. The van der Waals surface area contributed by atoms with Gasteiger partial charge in [-0.3, -0.25) is 19.1 Å². The summed E-state index contributed by atoms with van der Waals surface area (Å²) in [4.78, 5) is 51.5. The summed E-state index contributed by atoms with van der Waals surface area (Å²) in [5.74, 6) is -0.152. The van der Waals surface area contributed by atoms with Gasteiger partial charge in [-0.2, -0.15) is 0 Å². The van der Waals surface area contributed by atoms with Gasteiger partial charge >= 0.3 is 0 Å². The normalized spacial score (nSPS) is 21.0. The van der Waals surface area contributed by atoms with Gasteiger partial charge in [-0.1, -0.05) is 62.0 Å². The number of hydrogen-bond acceptors (Lipinski definition) is 11. The van der Waals surface area contributed by atoms with Crippen molar-refractivity contribution in [1.29, 1.82) is 0 Å². The number of primary amides is 1. The molecule has 5 atom stereocenters. The molecule has 4 N–H and O–H groups in total. The number of aromatic nitrogens is 2. The third-order valence-corrected chi connectivity index (χ3v) is 15.6. The van der Waals surface area contributed by atoms with Crippen LogP contribution in [0.2, 0.25) is 10.0 Å². The Labute approximate surface area is 377 Å². The Morgan fingerprint density at radius 1 is 1.05 bits per heavy atom. The van der Waals surface area contributed by atoms with E-state index in [1.165, 1.54) is 16.2 Å². The molecule has 2 aromatic carbocycles. The number of pyridine rings is 1. The number of carbonyl (C=O) groups excluding carboxylic acids is 3. The molecule has 0 bridgehead atoms. The van der Waals surface area contributed by atoms with Gasteiger partial charge in [0.2, 0.25) is 27.7 Å². The number of likely N-dealkylation sites (tertiary alicyclic amines) is 1. The lowest BCUT2D eigenvalue weighted by Gasteiger charge is -2.28. The lowest BCUT2D eigenvalue weighted by atomic mass is 10.0.